The van der Waals surface area contributed by atoms with E-state index in [2.05, 4.69) is 15.1 Å². The summed E-state index contributed by atoms with van der Waals surface area (Å²) < 4.78 is 1.80. The van der Waals surface area contributed by atoms with E-state index in [4.69, 9.17) is 5.73 Å². The summed E-state index contributed by atoms with van der Waals surface area (Å²) in [4.78, 5) is 7.46. The van der Waals surface area contributed by atoms with Crippen LogP contribution in [0.2, 0.25) is 0 Å². The van der Waals surface area contributed by atoms with E-state index in [1.54, 1.807) is 4.52 Å². The van der Waals surface area contributed by atoms with Crippen LogP contribution in [0.1, 0.15) is 5.69 Å². The van der Waals surface area contributed by atoms with Crippen molar-refractivity contribution in [2.75, 3.05) is 6.54 Å². The van der Waals surface area contributed by atoms with Gasteiger partial charge in [0.05, 0.1) is 17.6 Å². The monoisotopic (exact) mass is 227 g/mol. The van der Waals surface area contributed by atoms with E-state index >= 15 is 0 Å². The van der Waals surface area contributed by atoms with Crippen molar-refractivity contribution in [2.24, 2.45) is 5.73 Å². The topological polar surface area (TPSA) is 72.0 Å². The predicted molar refractivity (Wildman–Crippen MR) is 65.5 cm³/mol. The summed E-state index contributed by atoms with van der Waals surface area (Å²) in [6, 6.07) is 5.93. The van der Waals surface area contributed by atoms with Gasteiger partial charge in [-0.3, -0.25) is 0 Å². The zero-order chi connectivity index (χ0) is 11.7. The van der Waals surface area contributed by atoms with Crippen LogP contribution >= 0.6 is 0 Å². The molecule has 0 spiro atoms. The number of nitrogens with two attached hydrogens (primary N) is 1. The molecule has 3 heterocycles. The minimum Gasteiger partial charge on any atom is -0.367 e. The maximum Gasteiger partial charge on any atom is 0.153 e. The van der Waals surface area contributed by atoms with Crippen LogP contribution in [0.15, 0.2) is 36.8 Å². The highest BCUT2D eigenvalue weighted by Crippen LogP contribution is 2.16. The Morgan fingerprint density at radius 1 is 1.29 bits per heavy atom. The third-order valence-electron chi connectivity index (χ3n) is 2.66. The number of nitrogens with zero attached hydrogens (tertiary/aromatic N) is 3. The van der Waals surface area contributed by atoms with Crippen molar-refractivity contribution in [3.63, 3.8) is 0 Å². The van der Waals surface area contributed by atoms with Gasteiger partial charge in [0.15, 0.2) is 5.65 Å². The molecule has 0 atom stereocenters. The average Bonchev–Trinajstić information content (AvgIpc) is 2.96. The number of rotatable bonds is 3. The Morgan fingerprint density at radius 2 is 2.24 bits per heavy atom. The molecule has 0 bridgehead atoms. The molecule has 0 radical (unpaired) electrons. The van der Waals surface area contributed by atoms with Crippen molar-refractivity contribution in [1.82, 2.24) is 19.6 Å². The van der Waals surface area contributed by atoms with Gasteiger partial charge in [0, 0.05) is 24.4 Å². The van der Waals surface area contributed by atoms with E-state index in [1.807, 2.05) is 36.8 Å². The molecule has 3 aromatic rings. The number of aromatic nitrogens is 4. The van der Waals surface area contributed by atoms with E-state index in [9.17, 15) is 0 Å². The smallest absolute Gasteiger partial charge is 0.153 e. The predicted octanol–water partition coefficient (Wildman–Crippen LogP) is 1.23. The second kappa shape index (κ2) is 4.03. The van der Waals surface area contributed by atoms with E-state index in [1.165, 1.54) is 0 Å². The molecule has 0 aliphatic carbocycles. The molecule has 0 unspecified atom stereocenters. The second-order valence-corrected chi connectivity index (χ2v) is 3.89. The Hall–Kier alpha value is -2.14. The number of aromatic amines is 1. The van der Waals surface area contributed by atoms with Crippen LogP contribution in [-0.2, 0) is 6.42 Å². The molecule has 0 aromatic carbocycles. The van der Waals surface area contributed by atoms with Gasteiger partial charge in [-0.15, -0.1) is 0 Å². The molecule has 3 N–H and O–H groups in total. The Balaban J connectivity index is 2.06. The van der Waals surface area contributed by atoms with Gasteiger partial charge in [0.25, 0.3) is 0 Å². The first kappa shape index (κ1) is 10.0. The lowest BCUT2D eigenvalue weighted by atomic mass is 10.2. The molecule has 0 aliphatic rings. The summed E-state index contributed by atoms with van der Waals surface area (Å²) in [6.45, 7) is 0.606. The number of nitrogens with one attached hydrogen (secondary N) is 1. The lowest BCUT2D eigenvalue weighted by Crippen LogP contribution is -2.02. The zero-order valence-corrected chi connectivity index (χ0v) is 9.30. The fourth-order valence-corrected chi connectivity index (χ4v) is 1.84. The van der Waals surface area contributed by atoms with Crippen LogP contribution in [0.4, 0.5) is 0 Å². The Labute approximate surface area is 98.3 Å². The number of imidazole rings is 1. The van der Waals surface area contributed by atoms with Crippen molar-refractivity contribution < 1.29 is 0 Å². The quantitative estimate of drug-likeness (QED) is 0.706. The van der Waals surface area contributed by atoms with Gasteiger partial charge in [-0.2, -0.15) is 5.10 Å². The molecule has 0 fully saturated rings. The second-order valence-electron chi connectivity index (χ2n) is 3.89. The molecule has 0 saturated carbocycles. The van der Waals surface area contributed by atoms with Crippen LogP contribution in [0, 0.1) is 0 Å². The molecular formula is C12H13N5. The molecule has 86 valence electrons. The van der Waals surface area contributed by atoms with Crippen LogP contribution < -0.4 is 5.73 Å². The molecule has 0 saturated heterocycles. The number of H-pyrrole nitrogens is 1. The summed E-state index contributed by atoms with van der Waals surface area (Å²) in [6.07, 6.45) is 6.52. The van der Waals surface area contributed by atoms with Crippen LogP contribution in [0.25, 0.3) is 16.9 Å². The minimum absolute atomic E-state index is 0.606. The first-order chi connectivity index (χ1) is 8.36. The fraction of sp³-hybridized carbons (Fsp3) is 0.167. The highest BCUT2D eigenvalue weighted by atomic mass is 15.2. The van der Waals surface area contributed by atoms with Crippen molar-refractivity contribution in [3.8, 4) is 11.3 Å². The maximum atomic E-state index is 5.52. The van der Waals surface area contributed by atoms with Gasteiger partial charge in [0.1, 0.15) is 0 Å². The molecule has 3 aromatic heterocycles. The van der Waals surface area contributed by atoms with Gasteiger partial charge in [-0.05, 0) is 24.7 Å². The first-order valence-electron chi connectivity index (χ1n) is 5.55. The van der Waals surface area contributed by atoms with Crippen molar-refractivity contribution in [2.45, 2.75) is 6.42 Å². The van der Waals surface area contributed by atoms with Gasteiger partial charge < -0.3 is 10.7 Å². The van der Waals surface area contributed by atoms with E-state index in [0.717, 1.165) is 29.0 Å². The van der Waals surface area contributed by atoms with Gasteiger partial charge in [0.2, 0.25) is 0 Å². The number of fused-ring (bicyclic) bond motifs is 1. The SMILES string of the molecule is NCCc1cn2nc(-c3cc[nH]c3)ccc2n1. The lowest BCUT2D eigenvalue weighted by molar-refractivity contribution is 0.917. The molecule has 5 nitrogen and oxygen atoms in total. The standard InChI is InChI=1S/C12H13N5/c13-5-3-10-8-17-12(15-10)2-1-11(16-17)9-4-6-14-7-9/h1-2,4,6-8,14H,3,5,13H2. The fourth-order valence-electron chi connectivity index (χ4n) is 1.84. The molecular weight excluding hydrogens is 214 g/mol. The van der Waals surface area contributed by atoms with E-state index in [-0.39, 0.29) is 0 Å². The number of hydrogen-bond donors (Lipinski definition) is 2. The Kier molecular flexibility index (Phi) is 2.38. The molecule has 17 heavy (non-hydrogen) atoms. The summed E-state index contributed by atoms with van der Waals surface area (Å²) >= 11 is 0. The Morgan fingerprint density at radius 3 is 3.00 bits per heavy atom. The Bertz CT molecular complexity index is 623. The van der Waals surface area contributed by atoms with Crippen molar-refractivity contribution >= 4 is 5.65 Å². The largest absolute Gasteiger partial charge is 0.367 e. The average molecular weight is 227 g/mol. The highest BCUT2D eigenvalue weighted by molar-refractivity contribution is 5.59. The third kappa shape index (κ3) is 1.81. The summed E-state index contributed by atoms with van der Waals surface area (Å²) in [5.74, 6) is 0. The van der Waals surface area contributed by atoms with Crippen LogP contribution in [0.5, 0.6) is 0 Å². The maximum absolute atomic E-state index is 5.52. The molecule has 5 heteroatoms. The van der Waals surface area contributed by atoms with E-state index < -0.39 is 0 Å². The zero-order valence-electron chi connectivity index (χ0n) is 9.30. The highest BCUT2D eigenvalue weighted by Gasteiger charge is 2.04. The van der Waals surface area contributed by atoms with E-state index in [0.29, 0.717) is 6.54 Å². The molecule has 3 rings (SSSR count). The van der Waals surface area contributed by atoms with Gasteiger partial charge in [-0.25, -0.2) is 9.50 Å². The summed E-state index contributed by atoms with van der Waals surface area (Å²) in [5, 5.41) is 4.51. The lowest BCUT2D eigenvalue weighted by Gasteiger charge is -1.97. The first-order valence-corrected chi connectivity index (χ1v) is 5.55. The summed E-state index contributed by atoms with van der Waals surface area (Å²) in [5.41, 5.74) is 9.34. The number of hydrogen-bond acceptors (Lipinski definition) is 3. The molecule has 0 aliphatic heterocycles. The van der Waals surface area contributed by atoms with Gasteiger partial charge in [-0.1, -0.05) is 0 Å². The van der Waals surface area contributed by atoms with Crippen LogP contribution in [0.3, 0.4) is 0 Å². The van der Waals surface area contributed by atoms with Crippen molar-refractivity contribution in [3.05, 3.63) is 42.5 Å². The minimum atomic E-state index is 0.606. The third-order valence-corrected chi connectivity index (χ3v) is 2.66. The van der Waals surface area contributed by atoms with Crippen LogP contribution in [-0.4, -0.2) is 26.1 Å². The normalized spacial score (nSPS) is 11.1. The molecule has 0 amide bonds. The summed E-state index contributed by atoms with van der Waals surface area (Å²) in [7, 11) is 0. The van der Waals surface area contributed by atoms with Gasteiger partial charge >= 0.3 is 0 Å². The van der Waals surface area contributed by atoms with Crippen molar-refractivity contribution in [1.29, 1.82) is 0 Å².